The van der Waals surface area contributed by atoms with Crippen LogP contribution < -0.4 is 5.32 Å². The van der Waals surface area contributed by atoms with E-state index in [1.165, 1.54) is 11.1 Å². The van der Waals surface area contributed by atoms with Gasteiger partial charge in [-0.3, -0.25) is 9.59 Å². The lowest BCUT2D eigenvalue weighted by Crippen LogP contribution is -2.46. The molecular formula is C18H19ClF2N4O3. The van der Waals surface area contributed by atoms with Gasteiger partial charge in [-0.1, -0.05) is 18.5 Å². The van der Waals surface area contributed by atoms with Crippen molar-refractivity contribution in [2.24, 2.45) is 5.41 Å². The van der Waals surface area contributed by atoms with Crippen molar-refractivity contribution in [3.05, 3.63) is 34.2 Å². The minimum absolute atomic E-state index is 0.0555. The van der Waals surface area contributed by atoms with Crippen LogP contribution in [0.25, 0.3) is 0 Å². The summed E-state index contributed by atoms with van der Waals surface area (Å²) in [6.45, 7) is 1.11. The summed E-state index contributed by atoms with van der Waals surface area (Å²) in [5, 5.41) is 10.7. The molecule has 2 aliphatic rings. The number of hydrogen-bond acceptors (Lipinski definition) is 5. The zero-order valence-electron chi connectivity index (χ0n) is 15.1. The first-order chi connectivity index (χ1) is 13.3. The fourth-order valence-corrected chi connectivity index (χ4v) is 3.82. The van der Waals surface area contributed by atoms with Gasteiger partial charge in [0.2, 0.25) is 5.91 Å². The fourth-order valence-electron chi connectivity index (χ4n) is 3.34. The quantitative estimate of drug-likeness (QED) is 0.641. The molecule has 0 fully saturated rings. The lowest BCUT2D eigenvalue weighted by atomic mass is 9.74. The van der Waals surface area contributed by atoms with Crippen molar-refractivity contribution in [2.45, 2.75) is 32.7 Å². The van der Waals surface area contributed by atoms with Crippen molar-refractivity contribution in [1.29, 1.82) is 5.41 Å². The van der Waals surface area contributed by atoms with Gasteiger partial charge in [-0.25, -0.2) is 13.8 Å². The summed E-state index contributed by atoms with van der Waals surface area (Å²) < 4.78 is 30.1. The van der Waals surface area contributed by atoms with Crippen molar-refractivity contribution in [3.63, 3.8) is 0 Å². The second kappa shape index (κ2) is 7.83. The Morgan fingerprint density at radius 1 is 1.57 bits per heavy atom. The predicted molar refractivity (Wildman–Crippen MR) is 98.6 cm³/mol. The highest BCUT2D eigenvalue weighted by Crippen LogP contribution is 2.49. The third kappa shape index (κ3) is 3.58. The third-order valence-corrected chi connectivity index (χ3v) is 5.08. The Labute approximate surface area is 165 Å². The Kier molecular flexibility index (Phi) is 5.64. The molecular weight excluding hydrogens is 394 g/mol. The fraction of sp³-hybridized carbons (Fsp3) is 0.444. The lowest BCUT2D eigenvalue weighted by molar-refractivity contribution is -0.115. The Hall–Kier alpha value is -2.55. The van der Waals surface area contributed by atoms with Gasteiger partial charge in [0.05, 0.1) is 17.0 Å². The van der Waals surface area contributed by atoms with E-state index in [1.807, 2.05) is 0 Å². The number of hydrogen-bond donors (Lipinski definition) is 2. The number of nitrogens with zero attached hydrogens (tertiary/aromatic N) is 2. The van der Waals surface area contributed by atoms with Gasteiger partial charge >= 0.3 is 0 Å². The largest absolute Gasteiger partial charge is 0.490 e. The van der Waals surface area contributed by atoms with Crippen molar-refractivity contribution in [1.82, 2.24) is 9.88 Å². The third-order valence-electron chi connectivity index (χ3n) is 4.77. The van der Waals surface area contributed by atoms with Crippen LogP contribution >= 0.6 is 11.6 Å². The standard InChI is InChI=1S/C18H19ClF2N4O3/c1-2-14(26)24-16-11-6-25(17(27)10(11)3-4-23-16)9-18(8-22)5-12(19)15(18)28-7-13(20)21/h3-4,8,13,22H,2,5-7,9H2,1H3,(H,23,24,26). The van der Waals surface area contributed by atoms with E-state index in [2.05, 4.69) is 10.3 Å². The molecule has 0 aromatic carbocycles. The average molecular weight is 413 g/mol. The van der Waals surface area contributed by atoms with Gasteiger partial charge in [0, 0.05) is 42.9 Å². The van der Waals surface area contributed by atoms with Crippen LogP contribution in [0.3, 0.4) is 0 Å². The van der Waals surface area contributed by atoms with Gasteiger partial charge in [-0.05, 0) is 6.07 Å². The number of aromatic nitrogens is 1. The molecule has 2 N–H and O–H groups in total. The van der Waals surface area contributed by atoms with Gasteiger partial charge in [0.1, 0.15) is 18.2 Å². The molecule has 1 unspecified atom stereocenters. The number of pyridine rings is 1. The van der Waals surface area contributed by atoms with Crippen molar-refractivity contribution >= 4 is 35.4 Å². The van der Waals surface area contributed by atoms with Crippen LogP contribution in [0.1, 0.15) is 35.7 Å². The van der Waals surface area contributed by atoms with E-state index in [-0.39, 0.29) is 48.5 Å². The highest BCUT2D eigenvalue weighted by molar-refractivity contribution is 6.31. The van der Waals surface area contributed by atoms with Gasteiger partial charge < -0.3 is 20.4 Å². The van der Waals surface area contributed by atoms with E-state index in [0.29, 0.717) is 16.9 Å². The van der Waals surface area contributed by atoms with E-state index in [9.17, 15) is 18.4 Å². The number of amides is 2. The molecule has 1 aliphatic heterocycles. The Bertz CT molecular complexity index is 861. The van der Waals surface area contributed by atoms with Crippen LogP contribution in [0.2, 0.25) is 0 Å². The Balaban J connectivity index is 1.80. The molecule has 0 saturated heterocycles. The van der Waals surface area contributed by atoms with Crippen LogP contribution in [0, 0.1) is 10.8 Å². The van der Waals surface area contributed by atoms with Crippen molar-refractivity contribution in [3.8, 4) is 0 Å². The lowest BCUT2D eigenvalue weighted by Gasteiger charge is -2.42. The molecule has 1 aromatic rings. The predicted octanol–water partition coefficient (Wildman–Crippen LogP) is 3.16. The SMILES string of the molecule is CCC(=O)Nc1nccc2c1CN(CC1(C=N)CC(Cl)=C1OCC(F)F)C2=O. The maximum absolute atomic E-state index is 12.8. The highest BCUT2D eigenvalue weighted by atomic mass is 35.5. The molecule has 7 nitrogen and oxygen atoms in total. The van der Waals surface area contributed by atoms with Crippen LogP contribution in [-0.4, -0.2) is 47.5 Å². The topological polar surface area (TPSA) is 95.4 Å². The van der Waals surface area contributed by atoms with E-state index < -0.39 is 18.4 Å². The molecule has 1 aliphatic carbocycles. The number of rotatable bonds is 8. The number of fused-ring (bicyclic) bond motifs is 1. The number of nitrogens with one attached hydrogen (secondary N) is 2. The molecule has 0 saturated carbocycles. The van der Waals surface area contributed by atoms with E-state index in [4.69, 9.17) is 21.7 Å². The molecule has 28 heavy (non-hydrogen) atoms. The molecule has 150 valence electrons. The van der Waals surface area contributed by atoms with E-state index in [0.717, 1.165) is 6.21 Å². The van der Waals surface area contributed by atoms with E-state index >= 15 is 0 Å². The first-order valence-corrected chi connectivity index (χ1v) is 9.07. The molecule has 0 spiro atoms. The zero-order chi connectivity index (χ0) is 20.5. The molecule has 0 radical (unpaired) electrons. The number of carbonyl (C=O) groups is 2. The number of alkyl halides is 2. The Morgan fingerprint density at radius 3 is 2.93 bits per heavy atom. The highest BCUT2D eigenvalue weighted by Gasteiger charge is 2.48. The second-order valence-electron chi connectivity index (χ2n) is 6.66. The van der Waals surface area contributed by atoms with Gasteiger partial charge in [-0.2, -0.15) is 0 Å². The van der Waals surface area contributed by atoms with E-state index in [1.54, 1.807) is 13.0 Å². The summed E-state index contributed by atoms with van der Waals surface area (Å²) in [4.78, 5) is 30.1. The molecule has 3 rings (SSSR count). The normalized spacial score (nSPS) is 20.9. The summed E-state index contributed by atoms with van der Waals surface area (Å²) in [7, 11) is 0. The van der Waals surface area contributed by atoms with Crippen molar-refractivity contribution < 1.29 is 23.1 Å². The summed E-state index contributed by atoms with van der Waals surface area (Å²) in [5.74, 6) is -0.0904. The smallest absolute Gasteiger partial charge is 0.272 e. The van der Waals surface area contributed by atoms with Crippen LogP contribution in [-0.2, 0) is 16.1 Å². The van der Waals surface area contributed by atoms with Crippen LogP contribution in [0.15, 0.2) is 23.1 Å². The molecule has 1 atom stereocenters. The van der Waals surface area contributed by atoms with Crippen molar-refractivity contribution in [2.75, 3.05) is 18.5 Å². The number of halogens is 3. The maximum atomic E-state index is 12.8. The minimum Gasteiger partial charge on any atom is -0.490 e. The van der Waals surface area contributed by atoms with Crippen LogP contribution in [0.5, 0.6) is 0 Å². The minimum atomic E-state index is -2.67. The average Bonchev–Trinajstić information content (AvgIpc) is 2.97. The zero-order valence-corrected chi connectivity index (χ0v) is 15.9. The first-order valence-electron chi connectivity index (χ1n) is 8.70. The summed E-state index contributed by atoms with van der Waals surface area (Å²) >= 11 is 6.02. The Morgan fingerprint density at radius 2 is 2.32 bits per heavy atom. The number of allylic oxidation sites excluding steroid dienone is 1. The number of ether oxygens (including phenoxy) is 1. The number of anilines is 1. The summed E-state index contributed by atoms with van der Waals surface area (Å²) in [6.07, 6.45) is 0.348. The number of carbonyl (C=O) groups excluding carboxylic acids is 2. The van der Waals surface area contributed by atoms with Gasteiger partial charge in [0.15, 0.2) is 0 Å². The molecule has 2 amide bonds. The maximum Gasteiger partial charge on any atom is 0.272 e. The first kappa shape index (κ1) is 20.2. The summed E-state index contributed by atoms with van der Waals surface area (Å²) in [6, 6.07) is 1.56. The molecule has 2 heterocycles. The molecule has 0 bridgehead atoms. The molecule has 10 heteroatoms. The second-order valence-corrected chi connectivity index (χ2v) is 7.12. The van der Waals surface area contributed by atoms with Crippen LogP contribution in [0.4, 0.5) is 14.6 Å². The monoisotopic (exact) mass is 412 g/mol. The van der Waals surface area contributed by atoms with Gasteiger partial charge in [-0.15, -0.1) is 0 Å². The van der Waals surface area contributed by atoms with Gasteiger partial charge in [0.25, 0.3) is 12.3 Å². The summed E-state index contributed by atoms with van der Waals surface area (Å²) in [5.41, 5.74) is -0.0472. The molecule has 1 aromatic heterocycles.